The third-order valence-electron chi connectivity index (χ3n) is 5.90. The van der Waals surface area contributed by atoms with Crippen molar-refractivity contribution >= 4 is 0 Å². The van der Waals surface area contributed by atoms with E-state index in [2.05, 4.69) is 65.0 Å². The van der Waals surface area contributed by atoms with Gasteiger partial charge in [-0.3, -0.25) is 0 Å². The lowest BCUT2D eigenvalue weighted by atomic mass is 9.79. The molecule has 0 aliphatic heterocycles. The highest BCUT2D eigenvalue weighted by Crippen LogP contribution is 2.32. The summed E-state index contributed by atoms with van der Waals surface area (Å²) in [6, 6.07) is 11.8. The van der Waals surface area contributed by atoms with E-state index in [0.717, 1.165) is 12.3 Å². The normalized spacial score (nSPS) is 16.4. The van der Waals surface area contributed by atoms with Crippen molar-refractivity contribution in [1.82, 2.24) is 0 Å². The minimum Gasteiger partial charge on any atom is -0.0591 e. The second kappa shape index (κ2) is 7.77. The molecule has 1 aliphatic carbocycles. The molecule has 0 unspecified atom stereocenters. The third kappa shape index (κ3) is 4.75. The van der Waals surface area contributed by atoms with E-state index >= 15 is 0 Å². The van der Waals surface area contributed by atoms with Gasteiger partial charge in [-0.25, -0.2) is 0 Å². The Labute approximate surface area is 154 Å². The van der Waals surface area contributed by atoms with E-state index < -0.39 is 0 Å². The average Bonchev–Trinajstić information content (AvgIpc) is 2.52. The van der Waals surface area contributed by atoms with Crippen molar-refractivity contribution < 1.29 is 0 Å². The summed E-state index contributed by atoms with van der Waals surface area (Å²) in [5, 5.41) is 0. The molecular weight excluding hydrogens is 300 g/mol. The van der Waals surface area contributed by atoms with Crippen LogP contribution in [0.4, 0.5) is 0 Å². The molecule has 1 radical (unpaired) electrons. The Hall–Kier alpha value is -1.56. The second-order valence-corrected chi connectivity index (χ2v) is 8.49. The van der Waals surface area contributed by atoms with Crippen LogP contribution in [0, 0.1) is 39.5 Å². The van der Waals surface area contributed by atoms with Gasteiger partial charge >= 0.3 is 0 Å². The lowest BCUT2D eigenvalue weighted by molar-refractivity contribution is 0.378. The molecule has 1 aliphatic rings. The van der Waals surface area contributed by atoms with E-state index in [1.165, 1.54) is 65.5 Å². The van der Waals surface area contributed by atoms with Gasteiger partial charge in [0.15, 0.2) is 0 Å². The first-order valence-electron chi connectivity index (χ1n) is 9.88. The fourth-order valence-corrected chi connectivity index (χ4v) is 4.56. The Balaban J connectivity index is 1.75. The molecule has 133 valence electrons. The van der Waals surface area contributed by atoms with Crippen LogP contribution in [0.3, 0.4) is 0 Å². The summed E-state index contributed by atoms with van der Waals surface area (Å²) in [5.41, 5.74) is 10.2. The van der Waals surface area contributed by atoms with Crippen LogP contribution in [-0.4, -0.2) is 0 Å². The van der Waals surface area contributed by atoms with Crippen molar-refractivity contribution in [3.05, 3.63) is 75.2 Å². The zero-order chi connectivity index (χ0) is 18.0. The van der Waals surface area contributed by atoms with Crippen molar-refractivity contribution in [2.24, 2.45) is 5.92 Å². The van der Waals surface area contributed by atoms with Gasteiger partial charge in [-0.05, 0) is 106 Å². The fourth-order valence-electron chi connectivity index (χ4n) is 4.56. The van der Waals surface area contributed by atoms with E-state index in [9.17, 15) is 0 Å². The minimum absolute atomic E-state index is 0.882. The van der Waals surface area contributed by atoms with Crippen LogP contribution in [0.15, 0.2) is 30.3 Å². The Kier molecular flexibility index (Phi) is 5.67. The van der Waals surface area contributed by atoms with Crippen LogP contribution in [-0.2, 0) is 12.8 Å². The topological polar surface area (TPSA) is 0 Å². The maximum Gasteiger partial charge on any atom is -0.00203 e. The summed E-state index contributed by atoms with van der Waals surface area (Å²) in [5.74, 6) is 2.58. The number of benzene rings is 2. The highest BCUT2D eigenvalue weighted by atomic mass is 14.2. The smallest absolute Gasteiger partial charge is 0.00203 e. The SMILES string of the molecule is C[C]1CCC(Cc2cc(C)c(Cc3cc(C)cc(C)c3)c(C)c2)CC1. The van der Waals surface area contributed by atoms with Crippen molar-refractivity contribution in [3.8, 4) is 0 Å². The lowest BCUT2D eigenvalue weighted by Gasteiger charge is -2.26. The van der Waals surface area contributed by atoms with Gasteiger partial charge < -0.3 is 0 Å². The maximum absolute atomic E-state index is 2.45. The monoisotopic (exact) mass is 333 g/mol. The number of aryl methyl sites for hydroxylation is 4. The molecule has 2 aromatic carbocycles. The van der Waals surface area contributed by atoms with Gasteiger partial charge in [-0.2, -0.15) is 0 Å². The Morgan fingerprint density at radius 3 is 1.84 bits per heavy atom. The molecule has 0 bridgehead atoms. The summed E-state index contributed by atoms with van der Waals surface area (Å²) >= 11 is 0. The molecule has 3 rings (SSSR count). The van der Waals surface area contributed by atoms with E-state index in [0.29, 0.717) is 0 Å². The molecule has 0 spiro atoms. The second-order valence-electron chi connectivity index (χ2n) is 8.49. The third-order valence-corrected chi connectivity index (χ3v) is 5.90. The molecule has 0 heterocycles. The Morgan fingerprint density at radius 1 is 0.720 bits per heavy atom. The summed E-state index contributed by atoms with van der Waals surface area (Å²) in [4.78, 5) is 0. The predicted octanol–water partition coefficient (Wildman–Crippen LogP) is 6.84. The molecule has 0 saturated heterocycles. The zero-order valence-corrected chi connectivity index (χ0v) is 16.7. The molecule has 0 heteroatoms. The highest BCUT2D eigenvalue weighted by Gasteiger charge is 2.19. The van der Waals surface area contributed by atoms with Crippen molar-refractivity contribution in [2.75, 3.05) is 0 Å². The summed E-state index contributed by atoms with van der Waals surface area (Å²) < 4.78 is 0. The van der Waals surface area contributed by atoms with Crippen LogP contribution < -0.4 is 0 Å². The standard InChI is InChI=1S/C25H33/c1-17-6-8-22(9-7-17)15-24-13-20(4)25(21(5)14-24)16-23-11-18(2)10-19(3)12-23/h10-14,22H,6-9,15-16H2,1-5H3. The average molecular weight is 334 g/mol. The van der Waals surface area contributed by atoms with Crippen molar-refractivity contribution in [1.29, 1.82) is 0 Å². The lowest BCUT2D eigenvalue weighted by Crippen LogP contribution is -2.13. The van der Waals surface area contributed by atoms with Crippen LogP contribution in [0.2, 0.25) is 0 Å². The van der Waals surface area contributed by atoms with Gasteiger partial charge in [-0.1, -0.05) is 48.4 Å². The largest absolute Gasteiger partial charge is 0.0591 e. The Morgan fingerprint density at radius 2 is 1.28 bits per heavy atom. The molecule has 0 N–H and O–H groups in total. The van der Waals surface area contributed by atoms with Gasteiger partial charge in [0.2, 0.25) is 0 Å². The molecule has 2 aromatic rings. The number of hydrogen-bond donors (Lipinski definition) is 0. The number of rotatable bonds is 4. The van der Waals surface area contributed by atoms with Gasteiger partial charge in [-0.15, -0.1) is 0 Å². The van der Waals surface area contributed by atoms with Gasteiger partial charge in [0.25, 0.3) is 0 Å². The van der Waals surface area contributed by atoms with E-state index in [1.807, 2.05) is 0 Å². The van der Waals surface area contributed by atoms with Gasteiger partial charge in [0.05, 0.1) is 0 Å². The highest BCUT2D eigenvalue weighted by molar-refractivity contribution is 5.42. The molecule has 0 aromatic heterocycles. The molecule has 0 amide bonds. The van der Waals surface area contributed by atoms with Crippen molar-refractivity contribution in [3.63, 3.8) is 0 Å². The summed E-state index contributed by atoms with van der Waals surface area (Å²) in [7, 11) is 0. The molecule has 0 atom stereocenters. The van der Waals surface area contributed by atoms with Crippen LogP contribution in [0.5, 0.6) is 0 Å². The predicted molar refractivity (Wildman–Crippen MR) is 109 cm³/mol. The quantitative estimate of drug-likeness (QED) is 0.574. The Bertz CT molecular complexity index is 686. The van der Waals surface area contributed by atoms with Crippen molar-refractivity contribution in [2.45, 2.75) is 73.1 Å². The van der Waals surface area contributed by atoms with Gasteiger partial charge in [0.1, 0.15) is 0 Å². The first kappa shape index (κ1) is 18.2. The molecule has 1 saturated carbocycles. The molecule has 0 nitrogen and oxygen atoms in total. The summed E-state index contributed by atoms with van der Waals surface area (Å²) in [6.45, 7) is 11.3. The fraction of sp³-hybridized carbons (Fsp3) is 0.480. The van der Waals surface area contributed by atoms with Crippen LogP contribution >= 0.6 is 0 Å². The number of hydrogen-bond acceptors (Lipinski definition) is 0. The van der Waals surface area contributed by atoms with Gasteiger partial charge in [0, 0.05) is 0 Å². The maximum atomic E-state index is 2.45. The molecule has 25 heavy (non-hydrogen) atoms. The van der Waals surface area contributed by atoms with Crippen LogP contribution in [0.25, 0.3) is 0 Å². The van der Waals surface area contributed by atoms with E-state index in [-0.39, 0.29) is 0 Å². The summed E-state index contributed by atoms with van der Waals surface area (Å²) in [6.07, 6.45) is 7.76. The molecule has 1 fully saturated rings. The minimum atomic E-state index is 0.882. The van der Waals surface area contributed by atoms with Crippen LogP contribution in [0.1, 0.15) is 71.6 Å². The van der Waals surface area contributed by atoms with E-state index in [4.69, 9.17) is 0 Å². The van der Waals surface area contributed by atoms with E-state index in [1.54, 1.807) is 11.5 Å². The first-order valence-corrected chi connectivity index (χ1v) is 9.88. The molecular formula is C25H33. The zero-order valence-electron chi connectivity index (χ0n) is 16.7. The first-order chi connectivity index (χ1) is 11.9.